The zero-order valence-electron chi connectivity index (χ0n) is 18.5. The molecule has 2 aromatic rings. The normalized spacial score (nSPS) is 20.4. The molecule has 3 heterocycles. The highest BCUT2D eigenvalue weighted by Crippen LogP contribution is 2.48. The lowest BCUT2D eigenvalue weighted by Gasteiger charge is -2.33. The highest BCUT2D eigenvalue weighted by atomic mass is 16.5. The third kappa shape index (κ3) is 2.95. The molecule has 156 valence electrons. The van der Waals surface area contributed by atoms with Crippen molar-refractivity contribution in [2.45, 2.75) is 52.9 Å². The maximum atomic E-state index is 9.91. The van der Waals surface area contributed by atoms with E-state index in [1.165, 1.54) is 0 Å². The monoisotopic (exact) mass is 404 g/mol. The van der Waals surface area contributed by atoms with Crippen LogP contribution in [-0.4, -0.2) is 19.6 Å². The Morgan fingerprint density at radius 3 is 2.30 bits per heavy atom. The molecule has 1 aliphatic carbocycles. The van der Waals surface area contributed by atoms with Crippen LogP contribution < -0.4 is 5.73 Å². The van der Waals surface area contributed by atoms with Gasteiger partial charge in [0.15, 0.2) is 0 Å². The lowest BCUT2D eigenvalue weighted by Crippen LogP contribution is -2.24. The topological polar surface area (TPSA) is 94.7 Å². The molecule has 0 saturated heterocycles. The largest absolute Gasteiger partial charge is 0.440 e. The minimum absolute atomic E-state index is 0.191. The van der Waals surface area contributed by atoms with Crippen molar-refractivity contribution in [1.29, 1.82) is 5.26 Å². The Hall–Kier alpha value is -3.27. The summed E-state index contributed by atoms with van der Waals surface area (Å²) in [6.07, 6.45) is 4.95. The van der Waals surface area contributed by atoms with Gasteiger partial charge in [-0.2, -0.15) is 15.5 Å². The van der Waals surface area contributed by atoms with E-state index in [0.29, 0.717) is 5.57 Å². The van der Waals surface area contributed by atoms with Crippen LogP contribution >= 0.6 is 0 Å². The van der Waals surface area contributed by atoms with Crippen LogP contribution in [0.15, 0.2) is 28.4 Å². The van der Waals surface area contributed by atoms with E-state index < -0.39 is 0 Å². The third-order valence-electron chi connectivity index (χ3n) is 6.45. The zero-order chi connectivity index (χ0) is 21.7. The van der Waals surface area contributed by atoms with Crippen molar-refractivity contribution < 1.29 is 4.74 Å². The smallest absolute Gasteiger partial charge is 0.205 e. The molecule has 7 heteroatoms. The van der Waals surface area contributed by atoms with Crippen LogP contribution in [0.1, 0.15) is 59.1 Å². The van der Waals surface area contributed by atoms with Crippen LogP contribution in [0.25, 0.3) is 6.08 Å². The lowest BCUT2D eigenvalue weighted by atomic mass is 9.76. The first kappa shape index (κ1) is 20.0. The molecule has 1 unspecified atom stereocenters. The molecule has 2 aliphatic rings. The number of rotatable bonds is 2. The first-order valence-corrected chi connectivity index (χ1v) is 10.3. The van der Waals surface area contributed by atoms with Gasteiger partial charge >= 0.3 is 0 Å². The Bertz CT molecular complexity index is 1180. The van der Waals surface area contributed by atoms with Gasteiger partial charge in [-0.25, -0.2) is 0 Å². The summed E-state index contributed by atoms with van der Waals surface area (Å²) >= 11 is 0. The molecule has 2 aromatic heterocycles. The number of hydrogen-bond acceptors (Lipinski definition) is 5. The van der Waals surface area contributed by atoms with Crippen LogP contribution in [0.4, 0.5) is 0 Å². The van der Waals surface area contributed by atoms with Crippen molar-refractivity contribution in [2.75, 3.05) is 0 Å². The lowest BCUT2D eigenvalue weighted by molar-refractivity contribution is 0.277. The van der Waals surface area contributed by atoms with E-state index in [-0.39, 0.29) is 11.8 Å². The first-order chi connectivity index (χ1) is 14.2. The zero-order valence-corrected chi connectivity index (χ0v) is 18.5. The second-order valence-electron chi connectivity index (χ2n) is 8.22. The van der Waals surface area contributed by atoms with Gasteiger partial charge in [0.2, 0.25) is 5.88 Å². The van der Waals surface area contributed by atoms with Crippen molar-refractivity contribution in [2.24, 2.45) is 19.8 Å². The summed E-state index contributed by atoms with van der Waals surface area (Å²) in [4.78, 5) is 0. The van der Waals surface area contributed by atoms with Crippen LogP contribution in [0.2, 0.25) is 0 Å². The fourth-order valence-electron chi connectivity index (χ4n) is 4.75. The molecule has 0 fully saturated rings. The number of allylic oxidation sites excluding steroid dienone is 3. The number of ether oxygens (including phenoxy) is 1. The van der Waals surface area contributed by atoms with Gasteiger partial charge in [-0.15, -0.1) is 0 Å². The Kier molecular flexibility index (Phi) is 4.81. The van der Waals surface area contributed by atoms with Crippen molar-refractivity contribution >= 4 is 6.08 Å². The Labute approximate surface area is 177 Å². The number of aromatic nitrogens is 4. The molecule has 4 rings (SSSR count). The average Bonchev–Trinajstić information content (AvgIpc) is 3.09. The Balaban J connectivity index is 1.92. The minimum Gasteiger partial charge on any atom is -0.440 e. The van der Waals surface area contributed by atoms with Gasteiger partial charge in [0.25, 0.3) is 0 Å². The van der Waals surface area contributed by atoms with Crippen LogP contribution in [0.5, 0.6) is 0 Å². The van der Waals surface area contributed by atoms with Crippen LogP contribution in [0.3, 0.4) is 0 Å². The molecule has 2 N–H and O–H groups in total. The second-order valence-corrected chi connectivity index (χ2v) is 8.22. The van der Waals surface area contributed by atoms with Crippen molar-refractivity contribution in [1.82, 2.24) is 19.6 Å². The molecule has 0 spiro atoms. The fourth-order valence-corrected chi connectivity index (χ4v) is 4.75. The number of hydrogen-bond donors (Lipinski definition) is 1. The summed E-state index contributed by atoms with van der Waals surface area (Å²) in [6, 6.07) is 2.31. The van der Waals surface area contributed by atoms with E-state index in [9.17, 15) is 5.26 Å². The van der Waals surface area contributed by atoms with Crippen LogP contribution in [0, 0.1) is 39.0 Å². The summed E-state index contributed by atoms with van der Waals surface area (Å²) < 4.78 is 9.86. The molecule has 1 atom stereocenters. The summed E-state index contributed by atoms with van der Waals surface area (Å²) in [5, 5.41) is 19.0. The molecule has 0 saturated carbocycles. The molecule has 0 aromatic carbocycles. The molecule has 0 radical (unpaired) electrons. The number of aryl methyl sites for hydroxylation is 4. The standard InChI is InChI=1S/C23H28N6O/c1-12-18(14(3)28(5)26-12)10-16-8-7-9-17-21(19(11-24)23(25)30-22(16)17)20-13(2)27-29(6)15(20)4/h10,21H,7-9,25H2,1-6H3/b16-10+. The summed E-state index contributed by atoms with van der Waals surface area (Å²) in [5.41, 5.74) is 15.2. The Morgan fingerprint density at radius 2 is 1.73 bits per heavy atom. The highest BCUT2D eigenvalue weighted by Gasteiger charge is 2.38. The first-order valence-electron chi connectivity index (χ1n) is 10.3. The molecule has 30 heavy (non-hydrogen) atoms. The van der Waals surface area contributed by atoms with Gasteiger partial charge in [0, 0.05) is 36.6 Å². The maximum absolute atomic E-state index is 9.91. The molecule has 7 nitrogen and oxygen atoms in total. The van der Waals surface area contributed by atoms with Gasteiger partial charge in [0.05, 0.1) is 17.3 Å². The predicted molar refractivity (Wildman–Crippen MR) is 115 cm³/mol. The SMILES string of the molecule is Cc1nn(C)c(C)c1/C=C1\CCCC2=C1OC(N)=C(C#N)C2c1c(C)nn(C)c1C. The van der Waals surface area contributed by atoms with E-state index in [4.69, 9.17) is 10.5 Å². The van der Waals surface area contributed by atoms with E-state index >= 15 is 0 Å². The average molecular weight is 405 g/mol. The molecule has 1 aliphatic heterocycles. The van der Waals surface area contributed by atoms with Gasteiger partial charge in [0.1, 0.15) is 17.4 Å². The van der Waals surface area contributed by atoms with Gasteiger partial charge in [-0.05, 0) is 64.2 Å². The van der Waals surface area contributed by atoms with Crippen molar-refractivity contribution in [3.63, 3.8) is 0 Å². The Morgan fingerprint density at radius 1 is 1.07 bits per heavy atom. The summed E-state index contributed by atoms with van der Waals surface area (Å²) in [5.74, 6) is 0.789. The van der Waals surface area contributed by atoms with Gasteiger partial charge < -0.3 is 10.5 Å². The van der Waals surface area contributed by atoms with Gasteiger partial charge in [-0.3, -0.25) is 9.36 Å². The van der Waals surface area contributed by atoms with E-state index in [1.807, 2.05) is 44.2 Å². The molecule has 0 bridgehead atoms. The summed E-state index contributed by atoms with van der Waals surface area (Å²) in [7, 11) is 3.89. The summed E-state index contributed by atoms with van der Waals surface area (Å²) in [6.45, 7) is 8.12. The quantitative estimate of drug-likeness (QED) is 0.823. The molecular weight excluding hydrogens is 376 g/mol. The molecular formula is C23H28N6O. The minimum atomic E-state index is -0.216. The van der Waals surface area contributed by atoms with Crippen LogP contribution in [-0.2, 0) is 18.8 Å². The number of nitrogens with two attached hydrogens (primary N) is 1. The third-order valence-corrected chi connectivity index (χ3v) is 6.45. The highest BCUT2D eigenvalue weighted by molar-refractivity contribution is 5.65. The van der Waals surface area contributed by atoms with Crippen molar-refractivity contribution in [3.8, 4) is 6.07 Å². The maximum Gasteiger partial charge on any atom is 0.205 e. The fraction of sp³-hybridized carbons (Fsp3) is 0.435. The predicted octanol–water partition coefficient (Wildman–Crippen LogP) is 3.72. The van der Waals surface area contributed by atoms with E-state index in [1.54, 1.807) is 0 Å². The van der Waals surface area contributed by atoms with Crippen molar-refractivity contribution in [3.05, 3.63) is 62.3 Å². The van der Waals surface area contributed by atoms with E-state index in [2.05, 4.69) is 29.3 Å². The van der Waals surface area contributed by atoms with Gasteiger partial charge in [-0.1, -0.05) is 0 Å². The van der Waals surface area contributed by atoms with E-state index in [0.717, 1.165) is 70.1 Å². The number of nitrogens with zero attached hydrogens (tertiary/aromatic N) is 5. The molecule has 0 amide bonds. The second kappa shape index (κ2) is 7.21. The number of nitriles is 1.